The lowest BCUT2D eigenvalue weighted by atomic mass is 10.0. The summed E-state index contributed by atoms with van der Waals surface area (Å²) in [4.78, 5) is 10.4. The summed E-state index contributed by atoms with van der Waals surface area (Å²) >= 11 is 0. The first-order chi connectivity index (χ1) is 23.8. The zero-order valence-corrected chi connectivity index (χ0v) is 26.0. The van der Waals surface area contributed by atoms with Crippen molar-refractivity contribution < 1.29 is 0 Å². The van der Waals surface area contributed by atoms with E-state index in [0.717, 1.165) is 44.9 Å². The van der Waals surface area contributed by atoms with E-state index >= 15 is 0 Å². The molecule has 0 amide bonds. The quantitative estimate of drug-likeness (QED) is 0.198. The summed E-state index contributed by atoms with van der Waals surface area (Å²) in [7, 11) is 0. The number of para-hydroxylation sites is 2. The highest BCUT2D eigenvalue weighted by Crippen LogP contribution is 2.43. The molecule has 0 fully saturated rings. The Bertz CT molecular complexity index is 2760. The molecule has 4 heteroatoms. The molecule has 224 valence electrons. The van der Waals surface area contributed by atoms with Gasteiger partial charge < -0.3 is 4.57 Å². The van der Waals surface area contributed by atoms with Crippen LogP contribution in [0.5, 0.6) is 0 Å². The normalized spacial score (nSPS) is 11.8. The third kappa shape index (κ3) is 3.96. The van der Waals surface area contributed by atoms with Crippen molar-refractivity contribution in [1.29, 1.82) is 0 Å². The Balaban J connectivity index is 1.42. The van der Waals surface area contributed by atoms with Crippen LogP contribution in [-0.4, -0.2) is 19.1 Å². The molecule has 3 heterocycles. The number of fused-ring (bicyclic) bond motifs is 9. The standard InChI is InChI=1S/C44H28N4/c1-4-15-30(16-5-1)38-28-40(46-44(45-38)31-17-6-2-7-18-31)48-39-23-13-12-22-34(39)35-26-27-37-36-25-24-29-14-10-11-21-33(29)41(36)47(42(37)43(35)48)32-19-8-3-9-20-32/h1-28H. The fraction of sp³-hybridized carbons (Fsp3) is 0. The zero-order valence-electron chi connectivity index (χ0n) is 26.0. The average Bonchev–Trinajstić information content (AvgIpc) is 3.69. The van der Waals surface area contributed by atoms with Crippen LogP contribution in [0.3, 0.4) is 0 Å². The SMILES string of the molecule is c1ccc(-c2cc(-n3c4ccccc4c4ccc5c6ccc7ccccc7c6n(-c6ccccc6)c5c43)nc(-c3ccccc3)n2)cc1. The predicted octanol–water partition coefficient (Wildman–Crippen LogP) is 11.2. The Morgan fingerprint density at radius 2 is 0.938 bits per heavy atom. The van der Waals surface area contributed by atoms with Gasteiger partial charge in [0.05, 0.1) is 27.8 Å². The Morgan fingerprint density at radius 3 is 1.71 bits per heavy atom. The van der Waals surface area contributed by atoms with Crippen molar-refractivity contribution in [3.63, 3.8) is 0 Å². The van der Waals surface area contributed by atoms with E-state index in [4.69, 9.17) is 9.97 Å². The van der Waals surface area contributed by atoms with Crippen molar-refractivity contribution in [2.24, 2.45) is 0 Å². The number of nitrogens with zero attached hydrogens (tertiary/aromatic N) is 4. The van der Waals surface area contributed by atoms with Gasteiger partial charge in [-0.05, 0) is 23.6 Å². The first-order valence-electron chi connectivity index (χ1n) is 16.3. The van der Waals surface area contributed by atoms with Crippen molar-refractivity contribution >= 4 is 54.4 Å². The summed E-state index contributed by atoms with van der Waals surface area (Å²) in [5, 5.41) is 7.25. The van der Waals surface area contributed by atoms with Crippen LogP contribution < -0.4 is 0 Å². The highest BCUT2D eigenvalue weighted by molar-refractivity contribution is 6.26. The van der Waals surface area contributed by atoms with E-state index in [1.807, 2.05) is 24.3 Å². The summed E-state index contributed by atoms with van der Waals surface area (Å²) < 4.78 is 4.82. The highest BCUT2D eigenvalue weighted by Gasteiger charge is 2.23. The van der Waals surface area contributed by atoms with Crippen molar-refractivity contribution in [1.82, 2.24) is 19.1 Å². The molecule has 0 radical (unpaired) electrons. The van der Waals surface area contributed by atoms with Gasteiger partial charge in [-0.1, -0.05) is 146 Å². The molecule has 0 atom stereocenters. The molecule has 4 nitrogen and oxygen atoms in total. The van der Waals surface area contributed by atoms with Crippen LogP contribution in [0.15, 0.2) is 170 Å². The lowest BCUT2D eigenvalue weighted by molar-refractivity contribution is 1.05. The van der Waals surface area contributed by atoms with Crippen LogP contribution in [0.4, 0.5) is 0 Å². The van der Waals surface area contributed by atoms with Crippen LogP contribution in [0.2, 0.25) is 0 Å². The fourth-order valence-electron chi connectivity index (χ4n) is 7.40. The molecule has 0 aliphatic rings. The summed E-state index contributed by atoms with van der Waals surface area (Å²) in [6.07, 6.45) is 0. The first-order valence-corrected chi connectivity index (χ1v) is 16.3. The molecule has 0 saturated heterocycles. The second kappa shape index (κ2) is 10.5. The van der Waals surface area contributed by atoms with Crippen molar-refractivity contribution in [2.45, 2.75) is 0 Å². The minimum Gasteiger partial charge on any atom is -0.307 e. The Labute approximate surface area is 276 Å². The van der Waals surface area contributed by atoms with Crippen molar-refractivity contribution in [3.05, 3.63) is 170 Å². The third-order valence-electron chi connectivity index (χ3n) is 9.51. The second-order valence-electron chi connectivity index (χ2n) is 12.2. The van der Waals surface area contributed by atoms with Crippen molar-refractivity contribution in [3.8, 4) is 34.2 Å². The largest absolute Gasteiger partial charge is 0.307 e. The van der Waals surface area contributed by atoms with E-state index in [1.165, 1.54) is 37.8 Å². The molecule has 48 heavy (non-hydrogen) atoms. The smallest absolute Gasteiger partial charge is 0.162 e. The van der Waals surface area contributed by atoms with Crippen LogP contribution in [0.25, 0.3) is 88.5 Å². The fourth-order valence-corrected chi connectivity index (χ4v) is 7.40. The summed E-state index contributed by atoms with van der Waals surface area (Å²) in [6.45, 7) is 0. The zero-order chi connectivity index (χ0) is 31.6. The van der Waals surface area contributed by atoms with E-state index in [-0.39, 0.29) is 0 Å². The van der Waals surface area contributed by atoms with Gasteiger partial charge in [0.15, 0.2) is 5.82 Å². The van der Waals surface area contributed by atoms with Crippen molar-refractivity contribution in [2.75, 3.05) is 0 Å². The summed E-state index contributed by atoms with van der Waals surface area (Å²) in [6, 6.07) is 60.0. The van der Waals surface area contributed by atoms with E-state index < -0.39 is 0 Å². The first kappa shape index (κ1) is 26.7. The molecule has 0 aliphatic carbocycles. The van der Waals surface area contributed by atoms with E-state index in [2.05, 4.69) is 155 Å². The summed E-state index contributed by atoms with van der Waals surface area (Å²) in [5.41, 5.74) is 8.61. The molecule has 0 aliphatic heterocycles. The van der Waals surface area contributed by atoms with Gasteiger partial charge in [-0.3, -0.25) is 4.57 Å². The Hall–Kier alpha value is -6.52. The molecule has 0 unspecified atom stereocenters. The van der Waals surface area contributed by atoms with Gasteiger partial charge in [0, 0.05) is 49.8 Å². The summed E-state index contributed by atoms with van der Waals surface area (Å²) in [5.74, 6) is 1.52. The second-order valence-corrected chi connectivity index (χ2v) is 12.2. The Morgan fingerprint density at radius 1 is 0.375 bits per heavy atom. The van der Waals surface area contributed by atoms with Gasteiger partial charge in [-0.2, -0.15) is 0 Å². The molecule has 0 N–H and O–H groups in total. The van der Waals surface area contributed by atoms with Gasteiger partial charge in [0.2, 0.25) is 0 Å². The lowest BCUT2D eigenvalue weighted by Gasteiger charge is -2.14. The number of hydrogen-bond acceptors (Lipinski definition) is 2. The molecule has 0 bridgehead atoms. The van der Waals surface area contributed by atoms with E-state index in [0.29, 0.717) is 5.82 Å². The number of rotatable bonds is 4. The molecule has 0 spiro atoms. The molecule has 7 aromatic carbocycles. The van der Waals surface area contributed by atoms with Crippen LogP contribution >= 0.6 is 0 Å². The number of benzene rings is 7. The maximum atomic E-state index is 5.33. The molecule has 3 aromatic heterocycles. The van der Waals surface area contributed by atoms with Gasteiger partial charge in [-0.25, -0.2) is 9.97 Å². The minimum atomic E-state index is 0.694. The minimum absolute atomic E-state index is 0.694. The molecule has 10 aromatic rings. The predicted molar refractivity (Wildman–Crippen MR) is 199 cm³/mol. The topological polar surface area (TPSA) is 35.6 Å². The Kier molecular flexibility index (Phi) is 5.84. The number of hydrogen-bond donors (Lipinski definition) is 0. The maximum Gasteiger partial charge on any atom is 0.162 e. The highest BCUT2D eigenvalue weighted by atomic mass is 15.1. The van der Waals surface area contributed by atoms with Crippen LogP contribution in [-0.2, 0) is 0 Å². The maximum absolute atomic E-state index is 5.33. The molecule has 0 saturated carbocycles. The average molecular weight is 613 g/mol. The monoisotopic (exact) mass is 612 g/mol. The molecular formula is C44H28N4. The van der Waals surface area contributed by atoms with Gasteiger partial charge in [0.1, 0.15) is 5.82 Å². The lowest BCUT2D eigenvalue weighted by Crippen LogP contribution is -2.04. The van der Waals surface area contributed by atoms with Crippen LogP contribution in [0, 0.1) is 0 Å². The molecular weight excluding hydrogens is 585 g/mol. The van der Waals surface area contributed by atoms with Gasteiger partial charge >= 0.3 is 0 Å². The van der Waals surface area contributed by atoms with E-state index in [1.54, 1.807) is 0 Å². The molecule has 10 rings (SSSR count). The van der Waals surface area contributed by atoms with Crippen LogP contribution in [0.1, 0.15) is 0 Å². The van der Waals surface area contributed by atoms with E-state index in [9.17, 15) is 0 Å². The van der Waals surface area contributed by atoms with Gasteiger partial charge in [-0.15, -0.1) is 0 Å². The van der Waals surface area contributed by atoms with Gasteiger partial charge in [0.25, 0.3) is 0 Å². The third-order valence-corrected chi connectivity index (χ3v) is 9.51. The number of aromatic nitrogens is 4.